The van der Waals surface area contributed by atoms with Gasteiger partial charge in [-0.15, -0.1) is 0 Å². The third-order valence-electron chi connectivity index (χ3n) is 5.75. The number of benzene rings is 3. The SMILES string of the molecule is Cc1cc(-[s+]2cc(C)c3ccccc32)cc(C)c1OCC(=O)OC(C)(C)c1cccc(F)c1. The molecule has 170 valence electrons. The van der Waals surface area contributed by atoms with E-state index in [9.17, 15) is 9.18 Å². The Labute approximate surface area is 196 Å². The highest BCUT2D eigenvalue weighted by Crippen LogP contribution is 2.44. The van der Waals surface area contributed by atoms with Crippen molar-refractivity contribution in [2.75, 3.05) is 6.61 Å². The van der Waals surface area contributed by atoms with E-state index in [1.165, 1.54) is 32.7 Å². The van der Waals surface area contributed by atoms with Crippen molar-refractivity contribution in [3.63, 3.8) is 0 Å². The third-order valence-corrected chi connectivity index (χ3v) is 7.92. The first-order valence-electron chi connectivity index (χ1n) is 10.9. The molecule has 4 aromatic rings. The number of esters is 1. The predicted octanol–water partition coefficient (Wildman–Crippen LogP) is 7.50. The van der Waals surface area contributed by atoms with Crippen LogP contribution in [0.2, 0.25) is 0 Å². The van der Waals surface area contributed by atoms with Crippen molar-refractivity contribution in [3.8, 4) is 10.6 Å². The number of carbonyl (C=O) groups is 1. The number of thiophene rings is 1. The summed E-state index contributed by atoms with van der Waals surface area (Å²) in [6, 6.07) is 18.9. The van der Waals surface area contributed by atoms with Crippen LogP contribution in [0.25, 0.3) is 15.0 Å². The van der Waals surface area contributed by atoms with E-state index in [1.807, 2.05) is 13.8 Å². The van der Waals surface area contributed by atoms with Crippen molar-refractivity contribution >= 4 is 26.5 Å². The Balaban J connectivity index is 1.51. The quantitative estimate of drug-likeness (QED) is 0.219. The summed E-state index contributed by atoms with van der Waals surface area (Å²) in [4.78, 5) is 13.7. The number of rotatable bonds is 6. The zero-order valence-electron chi connectivity index (χ0n) is 19.6. The summed E-state index contributed by atoms with van der Waals surface area (Å²) in [7, 11) is -0.114. The molecule has 0 N–H and O–H groups in total. The van der Waals surface area contributed by atoms with E-state index in [4.69, 9.17) is 9.47 Å². The summed E-state index contributed by atoms with van der Waals surface area (Å²) in [5, 5.41) is 3.63. The lowest BCUT2D eigenvalue weighted by molar-refractivity contribution is -0.159. The van der Waals surface area contributed by atoms with Crippen LogP contribution in [0.15, 0.2) is 66.0 Å². The maximum absolute atomic E-state index is 13.6. The van der Waals surface area contributed by atoms with Gasteiger partial charge in [-0.1, -0.05) is 24.3 Å². The summed E-state index contributed by atoms with van der Waals surface area (Å²) in [6.07, 6.45) is 0. The van der Waals surface area contributed by atoms with Crippen LogP contribution in [0.3, 0.4) is 0 Å². The molecule has 0 aliphatic heterocycles. The molecule has 0 spiro atoms. The van der Waals surface area contributed by atoms with Gasteiger partial charge in [0.05, 0.1) is 0 Å². The maximum Gasteiger partial charge on any atom is 0.345 e. The minimum atomic E-state index is -0.961. The van der Waals surface area contributed by atoms with E-state index in [0.29, 0.717) is 11.3 Å². The normalized spacial score (nSPS) is 12.1. The zero-order chi connectivity index (χ0) is 23.8. The molecule has 0 aliphatic rings. The van der Waals surface area contributed by atoms with Gasteiger partial charge in [-0.2, -0.15) is 0 Å². The molecule has 0 saturated heterocycles. The van der Waals surface area contributed by atoms with E-state index in [0.717, 1.165) is 11.1 Å². The highest BCUT2D eigenvalue weighted by atomic mass is 32.2. The van der Waals surface area contributed by atoms with Gasteiger partial charge in [0, 0.05) is 33.6 Å². The van der Waals surface area contributed by atoms with Crippen molar-refractivity contribution in [3.05, 3.63) is 94.1 Å². The van der Waals surface area contributed by atoms with Crippen LogP contribution in [-0.4, -0.2) is 12.6 Å². The predicted molar refractivity (Wildman–Crippen MR) is 133 cm³/mol. The zero-order valence-corrected chi connectivity index (χ0v) is 20.4. The first-order chi connectivity index (χ1) is 15.7. The lowest BCUT2D eigenvalue weighted by Crippen LogP contribution is -2.28. The second-order valence-corrected chi connectivity index (χ2v) is 10.6. The number of hydrogen-bond acceptors (Lipinski definition) is 3. The summed E-state index contributed by atoms with van der Waals surface area (Å²) < 4.78 is 26.4. The number of fused-ring (bicyclic) bond motifs is 1. The number of hydrogen-bond donors (Lipinski definition) is 0. The lowest BCUT2D eigenvalue weighted by Gasteiger charge is -2.26. The molecule has 1 aromatic heterocycles. The molecule has 1 heterocycles. The van der Waals surface area contributed by atoms with Crippen molar-refractivity contribution in [1.82, 2.24) is 0 Å². The van der Waals surface area contributed by atoms with Crippen molar-refractivity contribution in [2.24, 2.45) is 0 Å². The summed E-state index contributed by atoms with van der Waals surface area (Å²) in [5.41, 5.74) is 2.88. The van der Waals surface area contributed by atoms with Crippen LogP contribution < -0.4 is 4.74 Å². The largest absolute Gasteiger partial charge is 0.481 e. The van der Waals surface area contributed by atoms with Gasteiger partial charge in [0.2, 0.25) is 0 Å². The molecular weight excluding hydrogens is 435 g/mol. The smallest absolute Gasteiger partial charge is 0.345 e. The van der Waals surface area contributed by atoms with E-state index in [2.05, 4.69) is 48.7 Å². The van der Waals surface area contributed by atoms with Crippen LogP contribution in [0.1, 0.15) is 36.1 Å². The number of carbonyl (C=O) groups excluding carboxylic acids is 1. The Morgan fingerprint density at radius 1 is 0.939 bits per heavy atom. The minimum Gasteiger partial charge on any atom is -0.481 e. The van der Waals surface area contributed by atoms with E-state index >= 15 is 0 Å². The number of aryl methyl sites for hydroxylation is 3. The lowest BCUT2D eigenvalue weighted by atomic mass is 9.98. The van der Waals surface area contributed by atoms with Gasteiger partial charge in [0.1, 0.15) is 22.5 Å². The Morgan fingerprint density at radius 3 is 2.33 bits per heavy atom. The van der Waals surface area contributed by atoms with Crippen molar-refractivity contribution in [1.29, 1.82) is 0 Å². The van der Waals surface area contributed by atoms with Crippen LogP contribution in [0, 0.1) is 26.6 Å². The molecule has 3 aromatic carbocycles. The van der Waals surface area contributed by atoms with E-state index in [1.54, 1.807) is 26.0 Å². The highest BCUT2D eigenvalue weighted by Gasteiger charge is 2.26. The molecule has 1 unspecified atom stereocenters. The first-order valence-corrected chi connectivity index (χ1v) is 12.2. The Kier molecular flexibility index (Phi) is 6.26. The standard InChI is InChI=1S/C28H28FO3S/c1-18-13-23(33-17-20(3)24-11-6-7-12-25(24)33)14-19(2)27(18)31-16-26(30)32-28(4,5)21-9-8-10-22(29)15-21/h6-15,17H,16H2,1-5H3/q+1. The molecule has 0 fully saturated rings. The summed E-state index contributed by atoms with van der Waals surface area (Å²) in [5.74, 6) is -0.178. The summed E-state index contributed by atoms with van der Waals surface area (Å²) >= 11 is 0. The van der Waals surface area contributed by atoms with Gasteiger partial charge < -0.3 is 9.47 Å². The van der Waals surface area contributed by atoms with Crippen LogP contribution >= 0.6 is 10.5 Å². The Hall–Kier alpha value is -3.18. The van der Waals surface area contributed by atoms with Crippen LogP contribution in [-0.2, 0) is 15.1 Å². The number of halogens is 1. The van der Waals surface area contributed by atoms with Crippen LogP contribution in [0.5, 0.6) is 5.75 Å². The topological polar surface area (TPSA) is 35.5 Å². The molecule has 0 amide bonds. The molecule has 4 rings (SSSR count). The molecular formula is C28H28FO3S+. The fourth-order valence-electron chi connectivity index (χ4n) is 4.12. The molecule has 33 heavy (non-hydrogen) atoms. The van der Waals surface area contributed by atoms with E-state index in [-0.39, 0.29) is 22.9 Å². The molecule has 3 nitrogen and oxygen atoms in total. The van der Waals surface area contributed by atoms with Gasteiger partial charge in [-0.05, 0) is 75.6 Å². The Bertz CT molecular complexity index is 1310. The average molecular weight is 464 g/mol. The fourth-order valence-corrected chi connectivity index (χ4v) is 6.41. The van der Waals surface area contributed by atoms with Gasteiger partial charge >= 0.3 is 5.97 Å². The summed E-state index contributed by atoms with van der Waals surface area (Å²) in [6.45, 7) is 9.40. The van der Waals surface area contributed by atoms with Crippen molar-refractivity contribution in [2.45, 2.75) is 40.2 Å². The minimum absolute atomic E-state index is 0.114. The van der Waals surface area contributed by atoms with Crippen molar-refractivity contribution < 1.29 is 18.7 Å². The van der Waals surface area contributed by atoms with Crippen LogP contribution in [0.4, 0.5) is 4.39 Å². The third kappa shape index (κ3) is 4.79. The molecule has 0 bridgehead atoms. The van der Waals surface area contributed by atoms with Gasteiger partial charge in [-0.3, -0.25) is 0 Å². The van der Waals surface area contributed by atoms with Gasteiger partial charge in [0.15, 0.2) is 16.2 Å². The maximum atomic E-state index is 13.6. The highest BCUT2D eigenvalue weighted by molar-refractivity contribution is 7.43. The average Bonchev–Trinajstić information content (AvgIpc) is 3.09. The first kappa shape index (κ1) is 23.0. The number of ether oxygens (including phenoxy) is 2. The monoisotopic (exact) mass is 463 g/mol. The van der Waals surface area contributed by atoms with Gasteiger partial charge in [-0.25, -0.2) is 9.18 Å². The molecule has 0 aliphatic carbocycles. The second kappa shape index (κ2) is 8.99. The Morgan fingerprint density at radius 2 is 1.64 bits per heavy atom. The second-order valence-electron chi connectivity index (χ2n) is 8.80. The van der Waals surface area contributed by atoms with E-state index < -0.39 is 11.6 Å². The molecule has 0 radical (unpaired) electrons. The molecule has 5 heteroatoms. The molecule has 1 atom stereocenters. The van der Waals surface area contributed by atoms with Gasteiger partial charge in [0.25, 0.3) is 0 Å². The fraction of sp³-hybridized carbons (Fsp3) is 0.250. The molecule has 0 saturated carbocycles.